The minimum atomic E-state index is -3.65. The van der Waals surface area contributed by atoms with Gasteiger partial charge >= 0.3 is 0 Å². The van der Waals surface area contributed by atoms with Gasteiger partial charge < -0.3 is 10.1 Å². The molecule has 0 aliphatic heterocycles. The summed E-state index contributed by atoms with van der Waals surface area (Å²) >= 11 is 0. The van der Waals surface area contributed by atoms with E-state index in [0.29, 0.717) is 31.0 Å². The van der Waals surface area contributed by atoms with E-state index in [1.165, 1.54) is 15.4 Å². The average Bonchev–Trinajstić information content (AvgIpc) is 2.70. The van der Waals surface area contributed by atoms with Crippen LogP contribution >= 0.6 is 0 Å². The zero-order valence-corrected chi connectivity index (χ0v) is 19.0. The number of rotatable bonds is 11. The number of carbonyl (C=O) groups is 1. The number of anilines is 1. The minimum Gasteiger partial charge on any atom is -0.494 e. The largest absolute Gasteiger partial charge is 0.494 e. The number of carbonyl (C=O) groups excluding carboxylic acids is 1. The second-order valence-corrected chi connectivity index (χ2v) is 9.15. The summed E-state index contributed by atoms with van der Waals surface area (Å²) in [5.74, 6) is 0.365. The number of sulfonamides is 1. The van der Waals surface area contributed by atoms with Crippen molar-refractivity contribution >= 4 is 21.6 Å². The van der Waals surface area contributed by atoms with E-state index >= 15 is 0 Å². The average molecular weight is 433 g/mol. The standard InChI is InChI=1S/C23H32N2O4S/c1-5-22(23(26)24-17-7-8-19-11-9-18(3)10-12-19)25(30(4,27)28)20-13-15-21(16-14-20)29-6-2/h9-16,22H,5-8,17H2,1-4H3,(H,24,26)/t22-/m1/s1. The Balaban J connectivity index is 2.04. The normalized spacial score (nSPS) is 12.3. The summed E-state index contributed by atoms with van der Waals surface area (Å²) in [5.41, 5.74) is 2.88. The topological polar surface area (TPSA) is 75.7 Å². The molecule has 0 heterocycles. The lowest BCUT2D eigenvalue weighted by molar-refractivity contribution is -0.122. The van der Waals surface area contributed by atoms with E-state index in [-0.39, 0.29) is 5.91 Å². The van der Waals surface area contributed by atoms with Crippen molar-refractivity contribution in [2.45, 2.75) is 46.1 Å². The van der Waals surface area contributed by atoms with Crippen molar-refractivity contribution in [2.75, 3.05) is 23.7 Å². The zero-order chi connectivity index (χ0) is 22.1. The molecule has 0 fully saturated rings. The number of benzene rings is 2. The predicted molar refractivity (Wildman–Crippen MR) is 122 cm³/mol. The van der Waals surface area contributed by atoms with E-state index in [2.05, 4.69) is 29.6 Å². The third-order valence-electron chi connectivity index (χ3n) is 4.79. The van der Waals surface area contributed by atoms with Crippen LogP contribution < -0.4 is 14.4 Å². The maximum atomic E-state index is 12.8. The Bertz CT molecular complexity index is 909. The van der Waals surface area contributed by atoms with Gasteiger partial charge in [0.05, 0.1) is 18.6 Å². The number of aryl methyl sites for hydroxylation is 2. The highest BCUT2D eigenvalue weighted by atomic mass is 32.2. The lowest BCUT2D eigenvalue weighted by atomic mass is 10.1. The number of ether oxygens (including phenoxy) is 1. The van der Waals surface area contributed by atoms with E-state index in [1.54, 1.807) is 24.3 Å². The molecule has 0 aliphatic carbocycles. The van der Waals surface area contributed by atoms with Gasteiger partial charge in [0.15, 0.2) is 0 Å². The summed E-state index contributed by atoms with van der Waals surface area (Å²) < 4.78 is 31.6. The molecule has 30 heavy (non-hydrogen) atoms. The highest BCUT2D eigenvalue weighted by Gasteiger charge is 2.31. The molecule has 0 saturated carbocycles. The number of nitrogens with one attached hydrogen (secondary N) is 1. The summed E-state index contributed by atoms with van der Waals surface area (Å²) in [6.07, 6.45) is 3.13. The number of nitrogens with zero attached hydrogens (tertiary/aromatic N) is 1. The maximum Gasteiger partial charge on any atom is 0.243 e. The van der Waals surface area contributed by atoms with Crippen LogP contribution in [0.25, 0.3) is 0 Å². The lowest BCUT2D eigenvalue weighted by Gasteiger charge is -2.30. The summed E-state index contributed by atoms with van der Waals surface area (Å²) in [5, 5.41) is 2.90. The first-order valence-corrected chi connectivity index (χ1v) is 12.2. The molecule has 0 saturated heterocycles. The molecule has 6 nitrogen and oxygen atoms in total. The molecule has 0 radical (unpaired) electrons. The van der Waals surface area contributed by atoms with E-state index in [4.69, 9.17) is 4.74 Å². The molecule has 0 aliphatic rings. The summed E-state index contributed by atoms with van der Waals surface area (Å²) in [6.45, 7) is 6.75. The van der Waals surface area contributed by atoms with Crippen molar-refractivity contribution in [3.63, 3.8) is 0 Å². The van der Waals surface area contributed by atoms with E-state index in [9.17, 15) is 13.2 Å². The van der Waals surface area contributed by atoms with Crippen LogP contribution in [-0.2, 0) is 21.2 Å². The Morgan fingerprint density at radius 2 is 1.70 bits per heavy atom. The van der Waals surface area contributed by atoms with Gasteiger partial charge in [0, 0.05) is 6.54 Å². The van der Waals surface area contributed by atoms with Crippen LogP contribution in [0.1, 0.15) is 37.8 Å². The Labute approximate surface area is 180 Å². The first kappa shape index (κ1) is 23.7. The smallest absolute Gasteiger partial charge is 0.243 e. The Hall–Kier alpha value is -2.54. The monoisotopic (exact) mass is 432 g/mol. The zero-order valence-electron chi connectivity index (χ0n) is 18.2. The Morgan fingerprint density at radius 3 is 2.23 bits per heavy atom. The van der Waals surface area contributed by atoms with Crippen LogP contribution in [0.15, 0.2) is 48.5 Å². The Kier molecular flexibility index (Phi) is 8.72. The van der Waals surface area contributed by atoms with Gasteiger partial charge in [-0.05, 0) is 62.9 Å². The van der Waals surface area contributed by atoms with Crippen LogP contribution in [0.4, 0.5) is 5.69 Å². The molecular formula is C23H32N2O4S. The second kappa shape index (κ2) is 11.0. The van der Waals surface area contributed by atoms with Gasteiger partial charge in [-0.2, -0.15) is 0 Å². The molecule has 164 valence electrons. The first-order chi connectivity index (χ1) is 14.3. The van der Waals surface area contributed by atoms with Gasteiger partial charge in [-0.3, -0.25) is 9.10 Å². The van der Waals surface area contributed by atoms with Crippen molar-refractivity contribution in [3.8, 4) is 5.75 Å². The van der Waals surface area contributed by atoms with Crippen LogP contribution in [0, 0.1) is 6.92 Å². The summed E-state index contributed by atoms with van der Waals surface area (Å²) in [6, 6.07) is 14.3. The van der Waals surface area contributed by atoms with Crippen molar-refractivity contribution in [3.05, 3.63) is 59.7 Å². The van der Waals surface area contributed by atoms with Crippen molar-refractivity contribution in [1.29, 1.82) is 0 Å². The molecule has 1 atom stereocenters. The van der Waals surface area contributed by atoms with E-state index in [1.807, 2.05) is 20.8 Å². The van der Waals surface area contributed by atoms with Gasteiger partial charge in [0.1, 0.15) is 11.8 Å². The first-order valence-electron chi connectivity index (χ1n) is 10.3. The fourth-order valence-corrected chi connectivity index (χ4v) is 4.50. The van der Waals surface area contributed by atoms with Crippen LogP contribution in [0.5, 0.6) is 5.75 Å². The fourth-order valence-electron chi connectivity index (χ4n) is 3.29. The predicted octanol–water partition coefficient (Wildman–Crippen LogP) is 3.69. The molecule has 0 unspecified atom stereocenters. The number of hydrogen-bond donors (Lipinski definition) is 1. The summed E-state index contributed by atoms with van der Waals surface area (Å²) in [7, 11) is -3.65. The highest BCUT2D eigenvalue weighted by molar-refractivity contribution is 7.92. The molecular weight excluding hydrogens is 400 g/mol. The molecule has 2 aromatic rings. The van der Waals surface area contributed by atoms with Crippen LogP contribution in [-0.4, -0.2) is 39.8 Å². The fraction of sp³-hybridized carbons (Fsp3) is 0.435. The van der Waals surface area contributed by atoms with Crippen molar-refractivity contribution in [1.82, 2.24) is 5.32 Å². The van der Waals surface area contributed by atoms with Gasteiger partial charge in [-0.15, -0.1) is 0 Å². The van der Waals surface area contributed by atoms with Gasteiger partial charge in [0.25, 0.3) is 0 Å². The molecule has 7 heteroatoms. The molecule has 0 bridgehead atoms. The molecule has 2 rings (SSSR count). The lowest BCUT2D eigenvalue weighted by Crippen LogP contribution is -2.49. The molecule has 1 N–H and O–H groups in total. The van der Waals surface area contributed by atoms with Crippen molar-refractivity contribution in [2.24, 2.45) is 0 Å². The molecule has 0 aromatic heterocycles. The van der Waals surface area contributed by atoms with E-state index in [0.717, 1.165) is 19.1 Å². The SMILES string of the molecule is CCOc1ccc(N([C@H](CC)C(=O)NCCCc2ccc(C)cc2)S(C)(=O)=O)cc1. The van der Waals surface area contributed by atoms with Gasteiger partial charge in [-0.25, -0.2) is 8.42 Å². The maximum absolute atomic E-state index is 12.8. The van der Waals surface area contributed by atoms with Crippen LogP contribution in [0.2, 0.25) is 0 Å². The van der Waals surface area contributed by atoms with E-state index < -0.39 is 16.1 Å². The third kappa shape index (κ3) is 6.76. The second-order valence-electron chi connectivity index (χ2n) is 7.29. The molecule has 1 amide bonds. The van der Waals surface area contributed by atoms with Gasteiger partial charge in [-0.1, -0.05) is 36.8 Å². The van der Waals surface area contributed by atoms with Crippen LogP contribution in [0.3, 0.4) is 0 Å². The summed E-state index contributed by atoms with van der Waals surface area (Å²) in [4.78, 5) is 12.8. The third-order valence-corrected chi connectivity index (χ3v) is 5.97. The molecule has 0 spiro atoms. The van der Waals surface area contributed by atoms with Gasteiger partial charge in [0.2, 0.25) is 15.9 Å². The Morgan fingerprint density at radius 1 is 1.07 bits per heavy atom. The highest BCUT2D eigenvalue weighted by Crippen LogP contribution is 2.25. The number of hydrogen-bond acceptors (Lipinski definition) is 4. The quantitative estimate of drug-likeness (QED) is 0.550. The molecule has 2 aromatic carbocycles. The number of amides is 1. The van der Waals surface area contributed by atoms with Crippen molar-refractivity contribution < 1.29 is 17.9 Å². The minimum absolute atomic E-state index is 0.291.